The van der Waals surface area contributed by atoms with Crippen LogP contribution >= 0.6 is 0 Å². The fourth-order valence-electron chi connectivity index (χ4n) is 1.61. The average Bonchev–Trinajstić information content (AvgIpc) is 2.48. The third-order valence-corrected chi connectivity index (χ3v) is 2.69. The van der Waals surface area contributed by atoms with Gasteiger partial charge in [-0.15, -0.1) is 0 Å². The zero-order chi connectivity index (χ0) is 15.2. The molecule has 0 aliphatic rings. The van der Waals surface area contributed by atoms with Gasteiger partial charge >= 0.3 is 0 Å². The Bertz CT molecular complexity index is 686. The standard InChI is InChI=1S/C15H13FN2O3/c1-21-13-6-5-11(14(19)8-13)9-17-18-15(20)10-3-2-4-12(16)7-10/h2-9,19H,1H3,(H,18,20). The van der Waals surface area contributed by atoms with E-state index in [1.54, 1.807) is 12.1 Å². The number of phenols is 1. The van der Waals surface area contributed by atoms with Crippen molar-refractivity contribution in [3.8, 4) is 11.5 Å². The normalized spacial score (nSPS) is 10.6. The Balaban J connectivity index is 2.04. The van der Waals surface area contributed by atoms with Crippen LogP contribution < -0.4 is 10.2 Å². The van der Waals surface area contributed by atoms with Crippen LogP contribution in [0.1, 0.15) is 15.9 Å². The molecule has 2 N–H and O–H groups in total. The topological polar surface area (TPSA) is 70.9 Å². The van der Waals surface area contributed by atoms with Crippen LogP contribution in [0.2, 0.25) is 0 Å². The van der Waals surface area contributed by atoms with Gasteiger partial charge in [0.2, 0.25) is 0 Å². The molecule has 0 atom stereocenters. The Morgan fingerprint density at radius 2 is 2.14 bits per heavy atom. The number of hydrogen-bond donors (Lipinski definition) is 2. The highest BCUT2D eigenvalue weighted by atomic mass is 19.1. The predicted octanol–water partition coefficient (Wildman–Crippen LogP) is 2.30. The maximum Gasteiger partial charge on any atom is 0.271 e. The number of carbonyl (C=O) groups excluding carboxylic acids is 1. The summed E-state index contributed by atoms with van der Waals surface area (Å²) in [5.74, 6) is -0.565. The van der Waals surface area contributed by atoms with Gasteiger partial charge in [-0.25, -0.2) is 9.82 Å². The third-order valence-electron chi connectivity index (χ3n) is 2.69. The quantitative estimate of drug-likeness (QED) is 0.670. The van der Waals surface area contributed by atoms with Crippen molar-refractivity contribution in [2.24, 2.45) is 5.10 Å². The largest absolute Gasteiger partial charge is 0.507 e. The number of hydrazone groups is 1. The summed E-state index contributed by atoms with van der Waals surface area (Å²) in [5, 5.41) is 13.4. The van der Waals surface area contributed by atoms with Gasteiger partial charge < -0.3 is 9.84 Å². The number of halogens is 1. The van der Waals surface area contributed by atoms with Crippen molar-refractivity contribution < 1.29 is 19.0 Å². The number of nitrogens with one attached hydrogen (secondary N) is 1. The number of rotatable bonds is 4. The van der Waals surface area contributed by atoms with E-state index in [1.807, 2.05) is 0 Å². The second kappa shape index (κ2) is 6.51. The molecule has 1 amide bonds. The Morgan fingerprint density at radius 1 is 1.33 bits per heavy atom. The van der Waals surface area contributed by atoms with Crippen LogP contribution in [0.25, 0.3) is 0 Å². The molecule has 21 heavy (non-hydrogen) atoms. The van der Waals surface area contributed by atoms with Crippen LogP contribution in [0.15, 0.2) is 47.6 Å². The van der Waals surface area contributed by atoms with E-state index in [4.69, 9.17) is 4.74 Å². The van der Waals surface area contributed by atoms with Crippen molar-refractivity contribution >= 4 is 12.1 Å². The van der Waals surface area contributed by atoms with Crippen LogP contribution in [-0.4, -0.2) is 24.3 Å². The minimum atomic E-state index is -0.543. The lowest BCUT2D eigenvalue weighted by atomic mass is 10.2. The summed E-state index contributed by atoms with van der Waals surface area (Å²) in [6.07, 6.45) is 1.28. The number of amides is 1. The molecular weight excluding hydrogens is 275 g/mol. The lowest BCUT2D eigenvalue weighted by Gasteiger charge is -2.03. The number of phenolic OH excluding ortho intramolecular Hbond substituents is 1. The molecule has 0 aliphatic heterocycles. The first-order chi connectivity index (χ1) is 10.1. The van der Waals surface area contributed by atoms with Crippen molar-refractivity contribution in [2.75, 3.05) is 7.11 Å². The van der Waals surface area contributed by atoms with E-state index in [9.17, 15) is 14.3 Å². The van der Waals surface area contributed by atoms with E-state index in [-0.39, 0.29) is 11.3 Å². The Kier molecular flexibility index (Phi) is 4.50. The van der Waals surface area contributed by atoms with Gasteiger partial charge in [0.15, 0.2) is 0 Å². The monoisotopic (exact) mass is 288 g/mol. The Hall–Kier alpha value is -2.89. The number of ether oxygens (including phenoxy) is 1. The molecule has 0 aliphatic carbocycles. The molecule has 0 spiro atoms. The number of carbonyl (C=O) groups is 1. The van der Waals surface area contributed by atoms with Gasteiger partial charge in [0.25, 0.3) is 5.91 Å². The number of aromatic hydroxyl groups is 1. The molecule has 2 rings (SSSR count). The summed E-state index contributed by atoms with van der Waals surface area (Å²) in [4.78, 5) is 11.7. The zero-order valence-corrected chi connectivity index (χ0v) is 11.2. The number of nitrogens with zero attached hydrogens (tertiary/aromatic N) is 1. The first kappa shape index (κ1) is 14.5. The molecular formula is C15H13FN2O3. The third kappa shape index (κ3) is 3.79. The van der Waals surface area contributed by atoms with Crippen LogP contribution in [-0.2, 0) is 0 Å². The summed E-state index contributed by atoms with van der Waals surface area (Å²) < 4.78 is 17.9. The summed E-state index contributed by atoms with van der Waals surface area (Å²) in [7, 11) is 1.49. The maximum absolute atomic E-state index is 13.0. The fraction of sp³-hybridized carbons (Fsp3) is 0.0667. The maximum atomic E-state index is 13.0. The van der Waals surface area contributed by atoms with Gasteiger partial charge in [-0.05, 0) is 30.3 Å². The highest BCUT2D eigenvalue weighted by Crippen LogP contribution is 2.21. The molecule has 0 aromatic heterocycles. The molecule has 0 heterocycles. The van der Waals surface area contributed by atoms with Gasteiger partial charge in [0.05, 0.1) is 13.3 Å². The summed E-state index contributed by atoms with van der Waals surface area (Å²) >= 11 is 0. The van der Waals surface area contributed by atoms with E-state index in [0.29, 0.717) is 11.3 Å². The van der Waals surface area contributed by atoms with Gasteiger partial charge in [0, 0.05) is 17.2 Å². The summed E-state index contributed by atoms with van der Waals surface area (Å²) in [6, 6.07) is 9.92. The molecule has 2 aromatic rings. The van der Waals surface area contributed by atoms with Gasteiger partial charge in [0.1, 0.15) is 17.3 Å². The lowest BCUT2D eigenvalue weighted by molar-refractivity contribution is 0.0954. The lowest BCUT2D eigenvalue weighted by Crippen LogP contribution is -2.17. The zero-order valence-electron chi connectivity index (χ0n) is 11.2. The number of hydrogen-bond acceptors (Lipinski definition) is 4. The van der Waals surface area contributed by atoms with E-state index >= 15 is 0 Å². The van der Waals surface area contributed by atoms with Gasteiger partial charge in [-0.2, -0.15) is 5.10 Å². The molecule has 108 valence electrons. The predicted molar refractivity (Wildman–Crippen MR) is 76.1 cm³/mol. The van der Waals surface area contributed by atoms with Crippen LogP contribution in [0.5, 0.6) is 11.5 Å². The van der Waals surface area contributed by atoms with Crippen molar-refractivity contribution in [2.45, 2.75) is 0 Å². The Morgan fingerprint density at radius 3 is 2.81 bits per heavy atom. The fourth-order valence-corrected chi connectivity index (χ4v) is 1.61. The molecule has 0 radical (unpaired) electrons. The summed E-state index contributed by atoms with van der Waals surface area (Å²) in [6.45, 7) is 0. The molecule has 0 saturated carbocycles. The minimum Gasteiger partial charge on any atom is -0.507 e. The van der Waals surface area contributed by atoms with Gasteiger partial charge in [-0.1, -0.05) is 6.07 Å². The van der Waals surface area contributed by atoms with E-state index in [1.165, 1.54) is 37.6 Å². The number of methoxy groups -OCH3 is 1. The second-order valence-electron chi connectivity index (χ2n) is 4.13. The van der Waals surface area contributed by atoms with E-state index < -0.39 is 11.7 Å². The highest BCUT2D eigenvalue weighted by molar-refractivity contribution is 5.95. The second-order valence-corrected chi connectivity index (χ2v) is 4.13. The molecule has 5 nitrogen and oxygen atoms in total. The van der Waals surface area contributed by atoms with Crippen LogP contribution in [0, 0.1) is 5.82 Å². The molecule has 0 bridgehead atoms. The van der Waals surface area contributed by atoms with Crippen LogP contribution in [0.4, 0.5) is 4.39 Å². The number of benzene rings is 2. The van der Waals surface area contributed by atoms with E-state index in [2.05, 4.69) is 10.5 Å². The van der Waals surface area contributed by atoms with Crippen molar-refractivity contribution in [3.05, 3.63) is 59.4 Å². The molecule has 0 unspecified atom stereocenters. The smallest absolute Gasteiger partial charge is 0.271 e. The first-order valence-corrected chi connectivity index (χ1v) is 6.06. The van der Waals surface area contributed by atoms with E-state index in [0.717, 1.165) is 6.07 Å². The van der Waals surface area contributed by atoms with Crippen LogP contribution in [0.3, 0.4) is 0 Å². The first-order valence-electron chi connectivity index (χ1n) is 6.06. The van der Waals surface area contributed by atoms with Crippen molar-refractivity contribution in [1.82, 2.24) is 5.43 Å². The molecule has 0 saturated heterocycles. The molecule has 0 fully saturated rings. The molecule has 2 aromatic carbocycles. The van der Waals surface area contributed by atoms with Gasteiger partial charge in [-0.3, -0.25) is 4.79 Å². The SMILES string of the molecule is COc1ccc(C=NNC(=O)c2cccc(F)c2)c(O)c1. The minimum absolute atomic E-state index is 0.0295. The van der Waals surface area contributed by atoms with Crippen molar-refractivity contribution in [3.63, 3.8) is 0 Å². The molecule has 6 heteroatoms. The summed E-state index contributed by atoms with van der Waals surface area (Å²) in [5.41, 5.74) is 2.82. The highest BCUT2D eigenvalue weighted by Gasteiger charge is 2.05. The Labute approximate surface area is 120 Å². The average molecular weight is 288 g/mol. The van der Waals surface area contributed by atoms with Crippen molar-refractivity contribution in [1.29, 1.82) is 0 Å².